The van der Waals surface area contributed by atoms with Crippen LogP contribution in [-0.2, 0) is 4.79 Å². The van der Waals surface area contributed by atoms with Gasteiger partial charge in [-0.15, -0.1) is 0 Å². The standard InChI is InChI=1S/C24H24N2O3/c1-29-22-15-11-20(12-16-22)24(28)25-17-5-8-23(27)26-21-13-9-19(10-14-21)18-6-3-2-4-7-18/h2-4,6-7,9-16H,5,8,17H2,1H3,(H,25,28)(H,26,27). The number of hydrogen-bond acceptors (Lipinski definition) is 3. The maximum atomic E-state index is 12.1. The van der Waals surface area contributed by atoms with Gasteiger partial charge >= 0.3 is 0 Å². The molecule has 0 atom stereocenters. The van der Waals surface area contributed by atoms with Gasteiger partial charge in [-0.2, -0.15) is 0 Å². The van der Waals surface area contributed by atoms with Crippen molar-refractivity contribution in [3.05, 3.63) is 84.4 Å². The van der Waals surface area contributed by atoms with Crippen LogP contribution in [0.5, 0.6) is 5.75 Å². The Morgan fingerprint density at radius 1 is 0.828 bits per heavy atom. The van der Waals surface area contributed by atoms with Crippen molar-refractivity contribution in [3.63, 3.8) is 0 Å². The summed E-state index contributed by atoms with van der Waals surface area (Å²) in [5.74, 6) is 0.468. The highest BCUT2D eigenvalue weighted by Gasteiger charge is 2.07. The van der Waals surface area contributed by atoms with E-state index in [1.54, 1.807) is 31.4 Å². The molecule has 2 amide bonds. The molecule has 0 aliphatic carbocycles. The zero-order valence-electron chi connectivity index (χ0n) is 16.4. The van der Waals surface area contributed by atoms with Gasteiger partial charge in [-0.3, -0.25) is 9.59 Å². The van der Waals surface area contributed by atoms with Crippen LogP contribution in [0.2, 0.25) is 0 Å². The van der Waals surface area contributed by atoms with Gasteiger partial charge in [-0.1, -0.05) is 42.5 Å². The number of carbonyl (C=O) groups is 2. The highest BCUT2D eigenvalue weighted by molar-refractivity contribution is 5.94. The van der Waals surface area contributed by atoms with Gasteiger partial charge in [0.05, 0.1) is 7.11 Å². The SMILES string of the molecule is COc1ccc(C(=O)NCCCC(=O)Nc2ccc(-c3ccccc3)cc2)cc1. The molecule has 0 aromatic heterocycles. The molecule has 148 valence electrons. The lowest BCUT2D eigenvalue weighted by atomic mass is 10.1. The largest absolute Gasteiger partial charge is 0.497 e. The van der Waals surface area contributed by atoms with E-state index in [4.69, 9.17) is 4.74 Å². The van der Waals surface area contributed by atoms with Crippen LogP contribution in [0.25, 0.3) is 11.1 Å². The number of benzene rings is 3. The fourth-order valence-corrected chi connectivity index (χ4v) is 2.90. The van der Waals surface area contributed by atoms with Crippen LogP contribution in [-0.4, -0.2) is 25.5 Å². The lowest BCUT2D eigenvalue weighted by Crippen LogP contribution is -2.25. The molecule has 0 fully saturated rings. The van der Waals surface area contributed by atoms with E-state index in [2.05, 4.69) is 10.6 Å². The average Bonchev–Trinajstić information content (AvgIpc) is 2.78. The summed E-state index contributed by atoms with van der Waals surface area (Å²) in [6, 6.07) is 24.7. The minimum atomic E-state index is -0.162. The predicted molar refractivity (Wildman–Crippen MR) is 115 cm³/mol. The molecule has 3 aromatic rings. The minimum absolute atomic E-state index is 0.0730. The third-order valence-corrected chi connectivity index (χ3v) is 4.49. The zero-order chi connectivity index (χ0) is 20.5. The molecular weight excluding hydrogens is 364 g/mol. The van der Waals surface area contributed by atoms with Gasteiger partial charge in [-0.05, 0) is 53.9 Å². The first kappa shape index (κ1) is 20.1. The Balaban J connectivity index is 1.40. The Labute approximate surface area is 170 Å². The summed E-state index contributed by atoms with van der Waals surface area (Å²) in [7, 11) is 1.58. The van der Waals surface area contributed by atoms with Crippen molar-refractivity contribution in [1.29, 1.82) is 0 Å². The van der Waals surface area contributed by atoms with Gasteiger partial charge in [0, 0.05) is 24.2 Å². The number of methoxy groups -OCH3 is 1. The van der Waals surface area contributed by atoms with E-state index in [0.29, 0.717) is 30.7 Å². The number of rotatable bonds is 8. The predicted octanol–water partition coefficient (Wildman–Crippen LogP) is 4.51. The maximum Gasteiger partial charge on any atom is 0.251 e. The molecule has 0 spiro atoms. The molecule has 0 saturated carbocycles. The number of ether oxygens (including phenoxy) is 1. The number of amides is 2. The summed E-state index contributed by atoms with van der Waals surface area (Å²) in [6.45, 7) is 0.436. The second kappa shape index (κ2) is 10.1. The van der Waals surface area contributed by atoms with Crippen LogP contribution in [0.3, 0.4) is 0 Å². The summed E-state index contributed by atoms with van der Waals surface area (Å²) in [6.07, 6.45) is 0.902. The topological polar surface area (TPSA) is 67.4 Å². The minimum Gasteiger partial charge on any atom is -0.497 e. The van der Waals surface area contributed by atoms with Crippen molar-refractivity contribution >= 4 is 17.5 Å². The van der Waals surface area contributed by atoms with Gasteiger partial charge in [-0.25, -0.2) is 0 Å². The zero-order valence-corrected chi connectivity index (χ0v) is 16.4. The normalized spacial score (nSPS) is 10.2. The number of carbonyl (C=O) groups excluding carboxylic acids is 2. The van der Waals surface area contributed by atoms with Crippen molar-refractivity contribution < 1.29 is 14.3 Å². The maximum absolute atomic E-state index is 12.1. The van der Waals surface area contributed by atoms with Crippen LogP contribution < -0.4 is 15.4 Å². The van der Waals surface area contributed by atoms with Crippen molar-refractivity contribution in [2.75, 3.05) is 19.0 Å². The van der Waals surface area contributed by atoms with Gasteiger partial charge in [0.25, 0.3) is 5.91 Å². The van der Waals surface area contributed by atoms with Crippen molar-refractivity contribution in [1.82, 2.24) is 5.32 Å². The van der Waals surface area contributed by atoms with Crippen LogP contribution in [0.1, 0.15) is 23.2 Å². The molecule has 0 saturated heterocycles. The molecule has 0 heterocycles. The molecule has 29 heavy (non-hydrogen) atoms. The van der Waals surface area contributed by atoms with Crippen LogP contribution in [0, 0.1) is 0 Å². The van der Waals surface area contributed by atoms with E-state index in [9.17, 15) is 9.59 Å². The molecule has 3 aromatic carbocycles. The fourth-order valence-electron chi connectivity index (χ4n) is 2.90. The number of nitrogens with one attached hydrogen (secondary N) is 2. The Morgan fingerprint density at radius 2 is 1.48 bits per heavy atom. The lowest BCUT2D eigenvalue weighted by Gasteiger charge is -2.08. The molecule has 3 rings (SSSR count). The second-order valence-corrected chi connectivity index (χ2v) is 6.58. The van der Waals surface area contributed by atoms with Crippen molar-refractivity contribution in [2.24, 2.45) is 0 Å². The van der Waals surface area contributed by atoms with Gasteiger partial charge in [0.15, 0.2) is 0 Å². The highest BCUT2D eigenvalue weighted by atomic mass is 16.5. The molecule has 0 radical (unpaired) electrons. The number of anilines is 1. The molecule has 0 unspecified atom stereocenters. The first-order chi connectivity index (χ1) is 14.2. The summed E-state index contributed by atoms with van der Waals surface area (Å²) < 4.78 is 5.08. The van der Waals surface area contributed by atoms with Crippen LogP contribution >= 0.6 is 0 Å². The monoisotopic (exact) mass is 388 g/mol. The van der Waals surface area contributed by atoms with Crippen molar-refractivity contribution in [2.45, 2.75) is 12.8 Å². The van der Waals surface area contributed by atoms with E-state index in [1.165, 1.54) is 0 Å². The van der Waals surface area contributed by atoms with E-state index in [0.717, 1.165) is 16.8 Å². The molecule has 0 aliphatic heterocycles. The fraction of sp³-hybridized carbons (Fsp3) is 0.167. The molecule has 5 nitrogen and oxygen atoms in total. The molecule has 0 aliphatic rings. The summed E-state index contributed by atoms with van der Waals surface area (Å²) >= 11 is 0. The second-order valence-electron chi connectivity index (χ2n) is 6.58. The average molecular weight is 388 g/mol. The first-order valence-electron chi connectivity index (χ1n) is 9.53. The van der Waals surface area contributed by atoms with E-state index < -0.39 is 0 Å². The molecule has 0 bridgehead atoms. The highest BCUT2D eigenvalue weighted by Crippen LogP contribution is 2.21. The Morgan fingerprint density at radius 3 is 2.14 bits per heavy atom. The van der Waals surface area contributed by atoms with Crippen LogP contribution in [0.15, 0.2) is 78.9 Å². The van der Waals surface area contributed by atoms with E-state index >= 15 is 0 Å². The summed E-state index contributed by atoms with van der Waals surface area (Å²) in [5.41, 5.74) is 3.56. The van der Waals surface area contributed by atoms with Crippen LogP contribution in [0.4, 0.5) is 5.69 Å². The van der Waals surface area contributed by atoms with E-state index in [1.807, 2.05) is 54.6 Å². The number of hydrogen-bond donors (Lipinski definition) is 2. The summed E-state index contributed by atoms with van der Waals surface area (Å²) in [5, 5.41) is 5.71. The third kappa shape index (κ3) is 5.94. The van der Waals surface area contributed by atoms with E-state index in [-0.39, 0.29) is 11.8 Å². The smallest absolute Gasteiger partial charge is 0.251 e. The lowest BCUT2D eigenvalue weighted by molar-refractivity contribution is -0.116. The van der Waals surface area contributed by atoms with Gasteiger partial charge in [0.2, 0.25) is 5.91 Å². The molecular formula is C24H24N2O3. The Bertz CT molecular complexity index is 936. The Hall–Kier alpha value is -3.60. The Kier molecular flexibility index (Phi) is 7.00. The van der Waals surface area contributed by atoms with Gasteiger partial charge < -0.3 is 15.4 Å². The summed E-state index contributed by atoms with van der Waals surface area (Å²) in [4.78, 5) is 24.2. The molecule has 5 heteroatoms. The van der Waals surface area contributed by atoms with Gasteiger partial charge in [0.1, 0.15) is 5.75 Å². The van der Waals surface area contributed by atoms with Crippen molar-refractivity contribution in [3.8, 4) is 16.9 Å². The first-order valence-corrected chi connectivity index (χ1v) is 9.53. The molecule has 2 N–H and O–H groups in total. The quantitative estimate of drug-likeness (QED) is 0.558. The third-order valence-electron chi connectivity index (χ3n) is 4.49.